The quantitative estimate of drug-likeness (QED) is 0.260. The highest BCUT2D eigenvalue weighted by atomic mass is 32.2. The monoisotopic (exact) mass is 422 g/mol. The molecular formula is C21H34N4O3S. The highest BCUT2D eigenvalue weighted by Crippen LogP contribution is 2.29. The SMILES string of the molecule is CCCCCCCCCCCCSc1ncc(N2CCC(=O)NC2=O)c(OC)n1. The van der Waals surface area contributed by atoms with Gasteiger partial charge in [-0.25, -0.2) is 9.78 Å². The fourth-order valence-corrected chi connectivity index (χ4v) is 4.10. The van der Waals surface area contributed by atoms with E-state index in [1.54, 1.807) is 18.0 Å². The summed E-state index contributed by atoms with van der Waals surface area (Å²) in [6.45, 7) is 2.55. The summed E-state index contributed by atoms with van der Waals surface area (Å²) < 4.78 is 5.35. The van der Waals surface area contributed by atoms with E-state index in [1.165, 1.54) is 69.8 Å². The molecule has 29 heavy (non-hydrogen) atoms. The Morgan fingerprint density at radius 2 is 1.72 bits per heavy atom. The number of hydrogen-bond acceptors (Lipinski definition) is 6. The molecule has 162 valence electrons. The van der Waals surface area contributed by atoms with E-state index >= 15 is 0 Å². The Morgan fingerprint density at radius 3 is 2.34 bits per heavy atom. The van der Waals surface area contributed by atoms with Crippen LogP contribution < -0.4 is 15.0 Å². The number of anilines is 1. The number of unbranched alkanes of at least 4 members (excludes halogenated alkanes) is 9. The first-order chi connectivity index (χ1) is 14.2. The molecule has 1 N–H and O–H groups in total. The van der Waals surface area contributed by atoms with Crippen LogP contribution in [0.2, 0.25) is 0 Å². The van der Waals surface area contributed by atoms with Crippen molar-refractivity contribution in [2.24, 2.45) is 0 Å². The van der Waals surface area contributed by atoms with E-state index in [1.807, 2.05) is 0 Å². The zero-order chi connectivity index (χ0) is 20.9. The average molecular weight is 423 g/mol. The molecule has 0 unspecified atom stereocenters. The highest BCUT2D eigenvalue weighted by molar-refractivity contribution is 7.99. The van der Waals surface area contributed by atoms with Gasteiger partial charge >= 0.3 is 6.03 Å². The van der Waals surface area contributed by atoms with Gasteiger partial charge in [0, 0.05) is 18.7 Å². The first-order valence-electron chi connectivity index (χ1n) is 10.8. The second-order valence-corrected chi connectivity index (χ2v) is 8.39. The van der Waals surface area contributed by atoms with Crippen LogP contribution in [0.4, 0.5) is 10.5 Å². The van der Waals surface area contributed by atoms with Gasteiger partial charge in [0.15, 0.2) is 5.16 Å². The number of ether oxygens (including phenoxy) is 1. The van der Waals surface area contributed by atoms with Crippen molar-refractivity contribution in [1.82, 2.24) is 15.3 Å². The molecule has 2 rings (SSSR count). The standard InChI is InChI=1S/C21H34N4O3S/c1-3-4-5-6-7-8-9-10-11-12-15-29-20-22-16-17(19(24-20)28-2)25-14-13-18(26)23-21(25)27/h16H,3-15H2,1-2H3,(H,23,26,27). The Balaban J connectivity index is 1.67. The van der Waals surface area contributed by atoms with E-state index < -0.39 is 6.03 Å². The number of imide groups is 1. The number of amides is 3. The molecular weight excluding hydrogens is 388 g/mol. The fraction of sp³-hybridized carbons (Fsp3) is 0.714. The molecule has 3 amide bonds. The van der Waals surface area contributed by atoms with Crippen molar-refractivity contribution in [3.63, 3.8) is 0 Å². The molecule has 7 nitrogen and oxygen atoms in total. The smallest absolute Gasteiger partial charge is 0.328 e. The molecule has 0 saturated carbocycles. The first kappa shape index (κ1) is 23.4. The third-order valence-electron chi connectivity index (χ3n) is 4.98. The van der Waals surface area contributed by atoms with E-state index in [-0.39, 0.29) is 12.3 Å². The van der Waals surface area contributed by atoms with Crippen molar-refractivity contribution in [1.29, 1.82) is 0 Å². The molecule has 8 heteroatoms. The van der Waals surface area contributed by atoms with Gasteiger partial charge in [-0.3, -0.25) is 15.0 Å². The Hall–Kier alpha value is -1.83. The zero-order valence-corrected chi connectivity index (χ0v) is 18.6. The van der Waals surface area contributed by atoms with Crippen LogP contribution in [0.25, 0.3) is 0 Å². The molecule has 0 radical (unpaired) electrons. The topological polar surface area (TPSA) is 84.4 Å². The second-order valence-electron chi connectivity index (χ2n) is 7.33. The lowest BCUT2D eigenvalue weighted by Crippen LogP contribution is -2.49. The van der Waals surface area contributed by atoms with Gasteiger partial charge in [-0.2, -0.15) is 4.98 Å². The molecule has 1 saturated heterocycles. The predicted octanol–water partition coefficient (Wildman–Crippen LogP) is 4.94. The van der Waals surface area contributed by atoms with Gasteiger partial charge in [-0.05, 0) is 6.42 Å². The molecule has 1 aliphatic heterocycles. The van der Waals surface area contributed by atoms with Crippen LogP contribution in [0.5, 0.6) is 5.88 Å². The summed E-state index contributed by atoms with van der Waals surface area (Å²) in [6.07, 6.45) is 15.0. The van der Waals surface area contributed by atoms with E-state index in [9.17, 15) is 9.59 Å². The minimum absolute atomic E-state index is 0.254. The number of rotatable bonds is 14. The number of aromatic nitrogens is 2. The van der Waals surface area contributed by atoms with Gasteiger partial charge in [0.2, 0.25) is 11.8 Å². The summed E-state index contributed by atoms with van der Waals surface area (Å²) in [5.41, 5.74) is 0.487. The number of nitrogens with zero attached hydrogens (tertiary/aromatic N) is 3. The molecule has 0 spiro atoms. The third-order valence-corrected chi connectivity index (χ3v) is 5.93. The molecule has 1 fully saturated rings. The summed E-state index contributed by atoms with van der Waals surface area (Å²) in [5, 5.41) is 2.95. The second kappa shape index (κ2) is 13.4. The van der Waals surface area contributed by atoms with Crippen molar-refractivity contribution < 1.29 is 14.3 Å². The van der Waals surface area contributed by atoms with Crippen LogP contribution in [0.3, 0.4) is 0 Å². The van der Waals surface area contributed by atoms with Gasteiger partial charge in [0.1, 0.15) is 5.69 Å². The summed E-state index contributed by atoms with van der Waals surface area (Å²) in [6, 6.07) is -0.464. The first-order valence-corrected chi connectivity index (χ1v) is 11.8. The van der Waals surface area contributed by atoms with Gasteiger partial charge in [-0.15, -0.1) is 0 Å². The Kier molecular flexibility index (Phi) is 10.8. The van der Waals surface area contributed by atoms with Crippen LogP contribution >= 0.6 is 11.8 Å². The summed E-state index contributed by atoms with van der Waals surface area (Å²) >= 11 is 1.61. The van der Waals surface area contributed by atoms with Crippen LogP contribution in [0.15, 0.2) is 11.4 Å². The van der Waals surface area contributed by atoms with Crippen molar-refractivity contribution in [2.75, 3.05) is 24.3 Å². The minimum Gasteiger partial charge on any atom is -0.479 e. The number of hydrogen-bond donors (Lipinski definition) is 1. The normalized spacial score (nSPS) is 14.2. The van der Waals surface area contributed by atoms with Gasteiger partial charge in [-0.1, -0.05) is 76.5 Å². The Morgan fingerprint density at radius 1 is 1.07 bits per heavy atom. The summed E-state index contributed by atoms with van der Waals surface area (Å²) in [5.74, 6) is 1.06. The predicted molar refractivity (Wildman–Crippen MR) is 117 cm³/mol. The number of urea groups is 1. The van der Waals surface area contributed by atoms with Crippen molar-refractivity contribution in [3.05, 3.63) is 6.20 Å². The minimum atomic E-state index is -0.464. The van der Waals surface area contributed by atoms with Crippen molar-refractivity contribution in [2.45, 2.75) is 82.7 Å². The molecule has 2 heterocycles. The van der Waals surface area contributed by atoms with Gasteiger partial charge < -0.3 is 4.74 Å². The van der Waals surface area contributed by atoms with Gasteiger partial charge in [0.05, 0.1) is 13.3 Å². The van der Waals surface area contributed by atoms with Gasteiger partial charge in [0.25, 0.3) is 0 Å². The maximum atomic E-state index is 12.0. The molecule has 0 atom stereocenters. The summed E-state index contributed by atoms with van der Waals surface area (Å²) in [7, 11) is 1.52. The fourth-order valence-electron chi connectivity index (χ4n) is 3.30. The number of carbonyl (C=O) groups is 2. The van der Waals surface area contributed by atoms with Crippen LogP contribution in [0, 0.1) is 0 Å². The molecule has 1 aliphatic rings. The van der Waals surface area contributed by atoms with E-state index in [2.05, 4.69) is 22.2 Å². The molecule has 0 aromatic carbocycles. The lowest BCUT2D eigenvalue weighted by atomic mass is 10.1. The number of methoxy groups -OCH3 is 1. The molecule has 1 aromatic heterocycles. The Labute approximate surface area is 178 Å². The maximum Gasteiger partial charge on any atom is 0.328 e. The van der Waals surface area contributed by atoms with Crippen molar-refractivity contribution >= 4 is 29.4 Å². The molecule has 0 aliphatic carbocycles. The summed E-state index contributed by atoms with van der Waals surface area (Å²) in [4.78, 5) is 33.6. The van der Waals surface area contributed by atoms with Crippen LogP contribution in [0.1, 0.15) is 77.6 Å². The Bertz CT molecular complexity index is 657. The lowest BCUT2D eigenvalue weighted by Gasteiger charge is -2.26. The lowest BCUT2D eigenvalue weighted by molar-refractivity contribution is -0.120. The number of nitrogens with one attached hydrogen (secondary N) is 1. The van der Waals surface area contributed by atoms with Crippen LogP contribution in [-0.2, 0) is 4.79 Å². The van der Waals surface area contributed by atoms with Crippen molar-refractivity contribution in [3.8, 4) is 5.88 Å². The number of carbonyl (C=O) groups excluding carboxylic acids is 2. The number of thioether (sulfide) groups is 1. The molecule has 0 bridgehead atoms. The molecule has 1 aromatic rings. The van der Waals surface area contributed by atoms with E-state index in [4.69, 9.17) is 4.74 Å². The highest BCUT2D eigenvalue weighted by Gasteiger charge is 2.27. The van der Waals surface area contributed by atoms with Crippen LogP contribution in [-0.4, -0.2) is 41.3 Å². The zero-order valence-electron chi connectivity index (χ0n) is 17.7. The largest absolute Gasteiger partial charge is 0.479 e. The van der Waals surface area contributed by atoms with E-state index in [0.29, 0.717) is 23.3 Å². The average Bonchev–Trinajstić information content (AvgIpc) is 2.72. The third kappa shape index (κ3) is 8.20. The van der Waals surface area contributed by atoms with E-state index in [0.717, 1.165) is 12.2 Å². The maximum absolute atomic E-state index is 12.0.